The molecule has 2 amide bonds. The number of aromatic nitrogens is 3. The maximum Gasteiger partial charge on any atom is 0.248 e. The second-order valence-corrected chi connectivity index (χ2v) is 7.33. The van der Waals surface area contributed by atoms with Crippen LogP contribution in [0, 0.1) is 6.92 Å². The summed E-state index contributed by atoms with van der Waals surface area (Å²) >= 11 is 4.00. The Morgan fingerprint density at radius 3 is 2.45 bits per heavy atom. The fourth-order valence-electron chi connectivity index (χ4n) is 1.25. The van der Waals surface area contributed by atoms with Crippen molar-refractivity contribution >= 4 is 46.7 Å². The SMILES string of the molecule is Cc1nnc(SCC(=O)NNC(=O)CSc2ccccn2)s1. The van der Waals surface area contributed by atoms with Crippen LogP contribution in [0.4, 0.5) is 0 Å². The van der Waals surface area contributed by atoms with Crippen molar-refractivity contribution in [2.75, 3.05) is 11.5 Å². The summed E-state index contributed by atoms with van der Waals surface area (Å²) in [6, 6.07) is 5.47. The van der Waals surface area contributed by atoms with E-state index in [9.17, 15) is 9.59 Å². The molecule has 7 nitrogen and oxygen atoms in total. The maximum absolute atomic E-state index is 11.6. The first kappa shape index (κ1) is 16.7. The number of hydrogen-bond acceptors (Lipinski definition) is 8. The second-order valence-electron chi connectivity index (χ2n) is 3.93. The molecule has 0 aromatic carbocycles. The van der Waals surface area contributed by atoms with Crippen LogP contribution in [0.25, 0.3) is 0 Å². The molecule has 0 saturated carbocycles. The monoisotopic (exact) mass is 355 g/mol. The Morgan fingerprint density at radius 2 is 1.86 bits per heavy atom. The smallest absolute Gasteiger partial charge is 0.248 e. The first-order valence-corrected chi connectivity index (χ1v) is 8.96. The van der Waals surface area contributed by atoms with Crippen LogP contribution in [0.3, 0.4) is 0 Å². The molecule has 2 aromatic rings. The number of rotatable bonds is 6. The Hall–Kier alpha value is -1.65. The third kappa shape index (κ3) is 6.00. The molecule has 2 N–H and O–H groups in total. The molecule has 0 bridgehead atoms. The minimum Gasteiger partial charge on any atom is -0.272 e. The molecular weight excluding hydrogens is 342 g/mol. The highest BCUT2D eigenvalue weighted by molar-refractivity contribution is 8.01. The normalized spacial score (nSPS) is 10.2. The van der Waals surface area contributed by atoms with Gasteiger partial charge in [0.1, 0.15) is 5.01 Å². The van der Waals surface area contributed by atoms with Crippen LogP contribution in [0.15, 0.2) is 33.8 Å². The van der Waals surface area contributed by atoms with Gasteiger partial charge in [-0.25, -0.2) is 4.98 Å². The van der Waals surface area contributed by atoms with Crippen LogP contribution in [0.1, 0.15) is 5.01 Å². The summed E-state index contributed by atoms with van der Waals surface area (Å²) in [6.07, 6.45) is 1.66. The number of nitrogens with one attached hydrogen (secondary N) is 2. The van der Waals surface area contributed by atoms with E-state index in [1.165, 1.54) is 34.9 Å². The fraction of sp³-hybridized carbons (Fsp3) is 0.250. The van der Waals surface area contributed by atoms with Gasteiger partial charge in [-0.15, -0.1) is 10.2 Å². The lowest BCUT2D eigenvalue weighted by Gasteiger charge is -2.06. The molecule has 0 radical (unpaired) electrons. The molecule has 2 heterocycles. The van der Waals surface area contributed by atoms with E-state index >= 15 is 0 Å². The van der Waals surface area contributed by atoms with Crippen LogP contribution in [0.2, 0.25) is 0 Å². The molecule has 0 fully saturated rings. The van der Waals surface area contributed by atoms with Gasteiger partial charge in [-0.2, -0.15) is 0 Å². The van der Waals surface area contributed by atoms with Crippen molar-refractivity contribution in [1.82, 2.24) is 26.0 Å². The van der Waals surface area contributed by atoms with E-state index in [1.807, 2.05) is 25.1 Å². The van der Waals surface area contributed by atoms with Gasteiger partial charge in [0, 0.05) is 6.20 Å². The summed E-state index contributed by atoms with van der Waals surface area (Å²) in [5.74, 6) is -0.239. The Balaban J connectivity index is 1.62. The fourth-order valence-corrected chi connectivity index (χ4v) is 3.52. The average molecular weight is 355 g/mol. The van der Waals surface area contributed by atoms with E-state index in [0.717, 1.165) is 14.4 Å². The van der Waals surface area contributed by atoms with E-state index in [0.29, 0.717) is 0 Å². The number of aryl methyl sites for hydroxylation is 1. The lowest BCUT2D eigenvalue weighted by atomic mass is 10.5. The van der Waals surface area contributed by atoms with Crippen molar-refractivity contribution in [2.24, 2.45) is 0 Å². The van der Waals surface area contributed by atoms with Gasteiger partial charge in [0.25, 0.3) is 0 Å². The van der Waals surface area contributed by atoms with E-state index in [2.05, 4.69) is 26.0 Å². The third-order valence-corrected chi connectivity index (χ3v) is 5.08. The summed E-state index contributed by atoms with van der Waals surface area (Å²) in [4.78, 5) is 27.3. The number of carbonyl (C=O) groups excluding carboxylic acids is 2. The van der Waals surface area contributed by atoms with Crippen LogP contribution in [-0.4, -0.2) is 38.5 Å². The van der Waals surface area contributed by atoms with Crippen molar-refractivity contribution < 1.29 is 9.59 Å². The largest absolute Gasteiger partial charge is 0.272 e. The molecule has 0 unspecified atom stereocenters. The molecule has 0 aliphatic rings. The van der Waals surface area contributed by atoms with Crippen molar-refractivity contribution in [3.05, 3.63) is 29.4 Å². The molecule has 22 heavy (non-hydrogen) atoms. The predicted molar refractivity (Wildman–Crippen MR) is 86.6 cm³/mol. The maximum atomic E-state index is 11.6. The van der Waals surface area contributed by atoms with Gasteiger partial charge in [-0.1, -0.05) is 40.9 Å². The van der Waals surface area contributed by atoms with E-state index in [1.54, 1.807) is 6.20 Å². The van der Waals surface area contributed by atoms with Crippen molar-refractivity contribution in [3.8, 4) is 0 Å². The zero-order valence-electron chi connectivity index (χ0n) is 11.6. The predicted octanol–water partition coefficient (Wildman–Crippen LogP) is 1.27. The molecule has 0 atom stereocenters. The van der Waals surface area contributed by atoms with E-state index in [-0.39, 0.29) is 23.3 Å². The van der Waals surface area contributed by atoms with Crippen LogP contribution < -0.4 is 10.9 Å². The van der Waals surface area contributed by atoms with E-state index in [4.69, 9.17) is 0 Å². The molecule has 0 aliphatic heterocycles. The minimum absolute atomic E-state index is 0.169. The van der Waals surface area contributed by atoms with Gasteiger partial charge >= 0.3 is 0 Å². The Kier molecular flexibility index (Phi) is 6.62. The number of carbonyl (C=O) groups is 2. The molecule has 116 valence electrons. The highest BCUT2D eigenvalue weighted by Gasteiger charge is 2.08. The summed E-state index contributed by atoms with van der Waals surface area (Å²) < 4.78 is 0.727. The zero-order valence-corrected chi connectivity index (χ0v) is 14.1. The third-order valence-electron chi connectivity index (χ3n) is 2.16. The Labute approximate surface area is 139 Å². The molecule has 0 spiro atoms. The lowest BCUT2D eigenvalue weighted by molar-refractivity contribution is -0.126. The lowest BCUT2D eigenvalue weighted by Crippen LogP contribution is -2.43. The number of pyridine rings is 1. The number of thioether (sulfide) groups is 2. The minimum atomic E-state index is -0.297. The van der Waals surface area contributed by atoms with Crippen LogP contribution in [-0.2, 0) is 9.59 Å². The molecule has 0 saturated heterocycles. The zero-order chi connectivity index (χ0) is 15.8. The summed E-state index contributed by atoms with van der Waals surface area (Å²) in [5, 5.41) is 9.36. The van der Waals surface area contributed by atoms with Gasteiger partial charge in [0.2, 0.25) is 11.8 Å². The standard InChI is InChI=1S/C12H13N5O2S3/c1-8-14-17-12(22-8)21-7-10(19)16-15-9(18)6-20-11-4-2-3-5-13-11/h2-5H,6-7H2,1H3,(H,15,18)(H,16,19). The average Bonchev–Trinajstić information content (AvgIpc) is 2.95. The van der Waals surface area contributed by atoms with Gasteiger partial charge in [0.15, 0.2) is 4.34 Å². The number of amides is 2. The van der Waals surface area contributed by atoms with Crippen molar-refractivity contribution in [2.45, 2.75) is 16.3 Å². The highest BCUT2D eigenvalue weighted by Crippen LogP contribution is 2.21. The topological polar surface area (TPSA) is 96.9 Å². The summed E-state index contributed by atoms with van der Waals surface area (Å²) in [5.41, 5.74) is 4.72. The van der Waals surface area contributed by atoms with Crippen LogP contribution in [0.5, 0.6) is 0 Å². The van der Waals surface area contributed by atoms with Crippen molar-refractivity contribution in [1.29, 1.82) is 0 Å². The molecule has 2 aromatic heterocycles. The number of nitrogens with zero attached hydrogens (tertiary/aromatic N) is 3. The highest BCUT2D eigenvalue weighted by atomic mass is 32.2. The molecular formula is C12H13N5O2S3. The number of hydrazine groups is 1. The number of hydrogen-bond donors (Lipinski definition) is 2. The Bertz CT molecular complexity index is 635. The van der Waals surface area contributed by atoms with Gasteiger partial charge < -0.3 is 0 Å². The van der Waals surface area contributed by atoms with E-state index < -0.39 is 0 Å². The molecule has 10 heteroatoms. The Morgan fingerprint density at radius 1 is 1.14 bits per heavy atom. The first-order valence-electron chi connectivity index (χ1n) is 6.18. The van der Waals surface area contributed by atoms with Crippen molar-refractivity contribution in [3.63, 3.8) is 0 Å². The van der Waals surface area contributed by atoms with Gasteiger partial charge in [0.05, 0.1) is 16.5 Å². The first-order chi connectivity index (χ1) is 10.6. The summed E-state index contributed by atoms with van der Waals surface area (Å²) in [7, 11) is 0. The quantitative estimate of drug-likeness (QED) is 0.595. The van der Waals surface area contributed by atoms with Crippen LogP contribution >= 0.6 is 34.9 Å². The van der Waals surface area contributed by atoms with Gasteiger partial charge in [-0.05, 0) is 19.1 Å². The van der Waals surface area contributed by atoms with Gasteiger partial charge in [-0.3, -0.25) is 20.4 Å². The molecule has 0 aliphatic carbocycles. The second kappa shape index (κ2) is 8.71. The molecule has 2 rings (SSSR count). The summed E-state index contributed by atoms with van der Waals surface area (Å²) in [6.45, 7) is 1.85.